The number of carbonyl (C=O) groups is 3. The molecule has 5 N–H and O–H groups in total. The van der Waals surface area contributed by atoms with Gasteiger partial charge in [0.2, 0.25) is 0 Å². The zero-order valence-corrected chi connectivity index (χ0v) is 20.3. The number of aliphatic hydroxyl groups excluding tert-OH is 3. The van der Waals surface area contributed by atoms with Crippen molar-refractivity contribution in [3.05, 3.63) is 63.9 Å². The van der Waals surface area contributed by atoms with Gasteiger partial charge in [0.25, 0.3) is 5.91 Å². The molecule has 0 spiro atoms. The van der Waals surface area contributed by atoms with E-state index in [-0.39, 0.29) is 28.0 Å². The Kier molecular flexibility index (Phi) is 6.43. The van der Waals surface area contributed by atoms with Crippen LogP contribution in [-0.4, -0.2) is 70.5 Å². The standard InChI is InChI=1S/C25H28N2O6.ClH.3H2/c1-10-7-6-8-13-11(2)15-16(20(29)14(10)13)12(3)25(9-28)18(21(15)30)19(27(4)5)22(31)17(23(25)32)24(26)33;;;;/h6-8,15,18-19,21,28,30,32H,2,9H2,1,3-5H3,(H2,26,33);4*1H/t15-,18-,19+,21+,25?;;;;/m1..../s1. The van der Waals surface area contributed by atoms with Gasteiger partial charge in [0.1, 0.15) is 11.3 Å². The summed E-state index contributed by atoms with van der Waals surface area (Å²) in [4.78, 5) is 40.7. The van der Waals surface area contributed by atoms with Crippen molar-refractivity contribution in [2.45, 2.75) is 26.0 Å². The molecule has 1 amide bonds. The van der Waals surface area contributed by atoms with E-state index in [1.807, 2.05) is 6.07 Å². The third-order valence-electron chi connectivity index (χ3n) is 7.70. The summed E-state index contributed by atoms with van der Waals surface area (Å²) in [5, 5.41) is 33.6. The van der Waals surface area contributed by atoms with E-state index < -0.39 is 59.0 Å². The molecule has 0 bridgehead atoms. The van der Waals surface area contributed by atoms with Crippen molar-refractivity contribution < 1.29 is 34.0 Å². The Morgan fingerprint density at radius 2 is 1.88 bits per heavy atom. The van der Waals surface area contributed by atoms with Crippen molar-refractivity contribution in [2.75, 3.05) is 20.7 Å². The van der Waals surface area contributed by atoms with Crippen LogP contribution in [0.5, 0.6) is 0 Å². The number of ketones is 2. The highest BCUT2D eigenvalue weighted by molar-refractivity contribution is 6.22. The lowest BCUT2D eigenvalue weighted by atomic mass is 9.50. The summed E-state index contributed by atoms with van der Waals surface area (Å²) < 4.78 is 0. The average Bonchev–Trinajstić information content (AvgIpc) is 2.73. The van der Waals surface area contributed by atoms with Gasteiger partial charge in [-0.3, -0.25) is 19.3 Å². The van der Waals surface area contributed by atoms with E-state index in [2.05, 4.69) is 6.58 Å². The fraction of sp³-hybridized carbons (Fsp3) is 0.400. The molecule has 0 aromatic heterocycles. The molecule has 1 aromatic carbocycles. The van der Waals surface area contributed by atoms with E-state index in [9.17, 15) is 29.7 Å². The molecule has 3 aliphatic rings. The number of rotatable bonds is 3. The summed E-state index contributed by atoms with van der Waals surface area (Å²) in [6, 6.07) is 4.30. The average molecular weight is 495 g/mol. The van der Waals surface area contributed by atoms with Crippen molar-refractivity contribution in [1.82, 2.24) is 4.90 Å². The maximum Gasteiger partial charge on any atom is 0.255 e. The third-order valence-corrected chi connectivity index (χ3v) is 7.70. The fourth-order valence-corrected chi connectivity index (χ4v) is 6.16. The number of hydrogen-bond acceptors (Lipinski definition) is 7. The predicted octanol–water partition coefficient (Wildman–Crippen LogP) is 2.08. The number of fused-ring (bicyclic) bond motifs is 3. The van der Waals surface area contributed by atoms with Gasteiger partial charge in [-0.05, 0) is 50.2 Å². The van der Waals surface area contributed by atoms with Crippen LogP contribution in [-0.2, 0) is 9.59 Å². The van der Waals surface area contributed by atoms with Crippen molar-refractivity contribution in [1.29, 1.82) is 0 Å². The van der Waals surface area contributed by atoms with Gasteiger partial charge in [0.15, 0.2) is 11.6 Å². The molecule has 3 aliphatic carbocycles. The number of nitrogens with two attached hydrogens (primary N) is 1. The SMILES string of the molecule is C=C1c2cccc(C)c2C(=O)C2=C(C)C3(CO)C(O)=C(C(N)=O)C(=O)[C@@H](N(C)C)[C@@H]3[C@@H](O)[C@H]12.Cl.[HH].[HH].[HH]. The number of aryl methyl sites for hydroxylation is 1. The minimum absolute atomic E-state index is 0. The maximum absolute atomic E-state index is 13.7. The minimum atomic E-state index is -1.74. The van der Waals surface area contributed by atoms with E-state index in [0.29, 0.717) is 22.3 Å². The number of amides is 1. The molecule has 5 atom stereocenters. The van der Waals surface area contributed by atoms with Gasteiger partial charge in [0, 0.05) is 27.3 Å². The van der Waals surface area contributed by atoms with Crippen LogP contribution in [0.4, 0.5) is 0 Å². The molecule has 0 saturated heterocycles. The van der Waals surface area contributed by atoms with Gasteiger partial charge in [0.05, 0.1) is 24.2 Å². The first-order valence-corrected chi connectivity index (χ1v) is 10.7. The molecule has 9 heteroatoms. The number of benzene rings is 1. The molecule has 0 heterocycles. The Bertz CT molecular complexity index is 1210. The third kappa shape index (κ3) is 2.99. The topological polar surface area (TPSA) is 141 Å². The highest BCUT2D eigenvalue weighted by Gasteiger charge is 2.64. The lowest BCUT2D eigenvalue weighted by Gasteiger charge is -2.56. The summed E-state index contributed by atoms with van der Waals surface area (Å²) in [6.07, 6.45) is -1.35. The van der Waals surface area contributed by atoms with Gasteiger partial charge in [-0.2, -0.15) is 0 Å². The number of Topliss-reactive ketones (excluding diaryl/α,β-unsaturated/α-hetero) is 2. The van der Waals surface area contributed by atoms with Crippen LogP contribution in [0, 0.1) is 24.2 Å². The zero-order chi connectivity index (χ0) is 24.6. The molecule has 0 saturated carbocycles. The highest BCUT2D eigenvalue weighted by atomic mass is 35.5. The Balaban J connectivity index is 0.00000324. The summed E-state index contributed by atoms with van der Waals surface area (Å²) in [7, 11) is 3.21. The Hall–Kier alpha value is -2.78. The number of nitrogens with zero attached hydrogens (tertiary/aromatic N) is 1. The predicted molar refractivity (Wildman–Crippen MR) is 135 cm³/mol. The molecule has 188 valence electrons. The monoisotopic (exact) mass is 494 g/mol. The molecule has 34 heavy (non-hydrogen) atoms. The van der Waals surface area contributed by atoms with Crippen LogP contribution in [0.25, 0.3) is 5.57 Å². The fourth-order valence-electron chi connectivity index (χ4n) is 6.16. The van der Waals surface area contributed by atoms with Gasteiger partial charge < -0.3 is 21.1 Å². The van der Waals surface area contributed by atoms with Crippen LogP contribution in [0.15, 0.2) is 47.3 Å². The molecule has 1 aromatic rings. The van der Waals surface area contributed by atoms with E-state index in [0.717, 1.165) is 5.56 Å². The van der Waals surface area contributed by atoms with Crippen molar-refractivity contribution in [3.63, 3.8) is 0 Å². The number of hydrogen-bond donors (Lipinski definition) is 4. The van der Waals surface area contributed by atoms with Crippen LogP contribution in [0.2, 0.25) is 0 Å². The molecule has 0 fully saturated rings. The smallest absolute Gasteiger partial charge is 0.255 e. The number of aliphatic hydroxyl groups is 3. The Morgan fingerprint density at radius 3 is 2.41 bits per heavy atom. The minimum Gasteiger partial charge on any atom is -0.510 e. The summed E-state index contributed by atoms with van der Waals surface area (Å²) in [5.41, 5.74) is 5.92. The van der Waals surface area contributed by atoms with Crippen molar-refractivity contribution in [2.24, 2.45) is 23.0 Å². The quantitative estimate of drug-likeness (QED) is 0.471. The number of primary amides is 1. The van der Waals surface area contributed by atoms with E-state index >= 15 is 0 Å². The van der Waals surface area contributed by atoms with Crippen molar-refractivity contribution >= 4 is 35.5 Å². The van der Waals surface area contributed by atoms with Crippen LogP contribution >= 0.6 is 12.4 Å². The first-order chi connectivity index (χ1) is 15.4. The summed E-state index contributed by atoms with van der Waals surface area (Å²) >= 11 is 0. The Labute approximate surface area is 208 Å². The largest absolute Gasteiger partial charge is 0.510 e. The molecule has 0 aliphatic heterocycles. The van der Waals surface area contributed by atoms with Crippen molar-refractivity contribution in [3.8, 4) is 0 Å². The van der Waals surface area contributed by atoms with E-state index in [4.69, 9.17) is 5.73 Å². The molecule has 1 unspecified atom stereocenters. The molecule has 0 radical (unpaired) electrons. The van der Waals surface area contributed by atoms with E-state index in [1.54, 1.807) is 40.1 Å². The van der Waals surface area contributed by atoms with E-state index in [1.165, 1.54) is 4.90 Å². The normalized spacial score (nSPS) is 30.6. The zero-order valence-electron chi connectivity index (χ0n) is 19.5. The molecule has 8 nitrogen and oxygen atoms in total. The molecular formula is C25H35ClN2O6. The number of carbonyl (C=O) groups excluding carboxylic acids is 3. The first kappa shape index (κ1) is 25.8. The lowest BCUT2D eigenvalue weighted by Crippen LogP contribution is -2.64. The number of likely N-dealkylation sites (N-methyl/N-ethyl adjacent to an activating group) is 1. The second-order valence-electron chi connectivity index (χ2n) is 9.37. The Morgan fingerprint density at radius 1 is 1.26 bits per heavy atom. The van der Waals surface area contributed by atoms with Crippen LogP contribution in [0.1, 0.15) is 32.7 Å². The lowest BCUT2D eigenvalue weighted by molar-refractivity contribution is -0.136. The second kappa shape index (κ2) is 8.46. The summed E-state index contributed by atoms with van der Waals surface area (Å²) in [6.45, 7) is 6.83. The van der Waals surface area contributed by atoms with Gasteiger partial charge in [-0.1, -0.05) is 24.8 Å². The van der Waals surface area contributed by atoms with Gasteiger partial charge in [-0.25, -0.2) is 0 Å². The maximum atomic E-state index is 13.7. The summed E-state index contributed by atoms with van der Waals surface area (Å²) in [5.74, 6) is -4.81. The van der Waals surface area contributed by atoms with Crippen LogP contribution < -0.4 is 5.73 Å². The van der Waals surface area contributed by atoms with Gasteiger partial charge in [-0.15, -0.1) is 12.4 Å². The molecule has 4 rings (SSSR count). The molecular weight excluding hydrogens is 460 g/mol. The van der Waals surface area contributed by atoms with Gasteiger partial charge >= 0.3 is 0 Å². The number of halogens is 1. The highest BCUT2D eigenvalue weighted by Crippen LogP contribution is 2.59. The first-order valence-electron chi connectivity index (χ1n) is 10.7. The second-order valence-corrected chi connectivity index (χ2v) is 9.37. The van der Waals surface area contributed by atoms with Crippen LogP contribution in [0.3, 0.4) is 0 Å².